The molecule has 1 N–H and O–H groups in total. The Hall–Kier alpha value is -0.770. The summed E-state index contributed by atoms with van der Waals surface area (Å²) >= 11 is 0. The van der Waals surface area contributed by atoms with Crippen molar-refractivity contribution >= 4 is 6.09 Å². The van der Waals surface area contributed by atoms with E-state index in [0.717, 1.165) is 6.54 Å². The largest absolute Gasteiger partial charge is 0.453 e. The lowest BCUT2D eigenvalue weighted by Crippen LogP contribution is -2.48. The molecule has 1 aliphatic heterocycles. The predicted octanol–water partition coefficient (Wildman–Crippen LogP) is 2.00. The summed E-state index contributed by atoms with van der Waals surface area (Å²) in [7, 11) is 1.42. The van der Waals surface area contributed by atoms with Gasteiger partial charge in [-0.2, -0.15) is 0 Å². The molecule has 2 aliphatic rings. The van der Waals surface area contributed by atoms with Crippen LogP contribution in [-0.4, -0.2) is 42.8 Å². The quantitative estimate of drug-likeness (QED) is 0.817. The lowest BCUT2D eigenvalue weighted by atomic mass is 10.0. The Labute approximate surface area is 104 Å². The average molecular weight is 240 g/mol. The summed E-state index contributed by atoms with van der Waals surface area (Å²) in [4.78, 5) is 13.9. The molecule has 0 radical (unpaired) electrons. The van der Waals surface area contributed by atoms with Crippen molar-refractivity contribution < 1.29 is 9.53 Å². The van der Waals surface area contributed by atoms with Gasteiger partial charge in [0.15, 0.2) is 0 Å². The Balaban J connectivity index is 1.91. The minimum absolute atomic E-state index is 0.193. The Morgan fingerprint density at radius 3 is 2.65 bits per heavy atom. The van der Waals surface area contributed by atoms with Crippen molar-refractivity contribution in [2.24, 2.45) is 5.92 Å². The lowest BCUT2D eigenvalue weighted by molar-refractivity contribution is 0.147. The number of hydrogen-bond acceptors (Lipinski definition) is 3. The van der Waals surface area contributed by atoms with Crippen LogP contribution >= 0.6 is 0 Å². The van der Waals surface area contributed by atoms with E-state index in [9.17, 15) is 4.79 Å². The van der Waals surface area contributed by atoms with E-state index in [0.29, 0.717) is 11.5 Å². The van der Waals surface area contributed by atoms with Gasteiger partial charge in [0.05, 0.1) is 7.11 Å². The highest BCUT2D eigenvalue weighted by molar-refractivity contribution is 5.67. The van der Waals surface area contributed by atoms with Crippen LogP contribution in [0.15, 0.2) is 0 Å². The highest BCUT2D eigenvalue weighted by atomic mass is 16.5. The van der Waals surface area contributed by atoms with Gasteiger partial charge < -0.3 is 10.1 Å². The summed E-state index contributed by atoms with van der Waals surface area (Å²) in [6.07, 6.45) is 5.03. The molecule has 0 unspecified atom stereocenters. The van der Waals surface area contributed by atoms with E-state index in [1.165, 1.54) is 39.3 Å². The molecule has 1 heterocycles. The molecule has 1 spiro atoms. The zero-order chi connectivity index (χ0) is 12.5. The Bertz CT molecular complexity index is 287. The average Bonchev–Trinajstić information content (AvgIpc) is 2.95. The second kappa shape index (κ2) is 4.84. The number of nitrogens with one attached hydrogen (secondary N) is 1. The van der Waals surface area contributed by atoms with Crippen LogP contribution in [0.5, 0.6) is 0 Å². The smallest absolute Gasteiger partial charge is 0.407 e. The highest BCUT2D eigenvalue weighted by Gasteiger charge is 2.50. The summed E-state index contributed by atoms with van der Waals surface area (Å²) in [6.45, 7) is 6.45. The van der Waals surface area contributed by atoms with Gasteiger partial charge in [-0.15, -0.1) is 0 Å². The molecule has 1 atom stereocenters. The third-order valence-electron chi connectivity index (χ3n) is 4.28. The fourth-order valence-electron chi connectivity index (χ4n) is 2.86. The van der Waals surface area contributed by atoms with Gasteiger partial charge in [0, 0.05) is 18.1 Å². The van der Waals surface area contributed by atoms with Gasteiger partial charge in [0.1, 0.15) is 0 Å². The van der Waals surface area contributed by atoms with Crippen LogP contribution in [-0.2, 0) is 4.74 Å². The first-order valence-corrected chi connectivity index (χ1v) is 6.67. The van der Waals surface area contributed by atoms with Crippen molar-refractivity contribution in [2.45, 2.75) is 51.1 Å². The fourth-order valence-corrected chi connectivity index (χ4v) is 2.86. The lowest BCUT2D eigenvalue weighted by Gasteiger charge is -2.31. The molecule has 4 nitrogen and oxygen atoms in total. The maximum Gasteiger partial charge on any atom is 0.407 e. The topological polar surface area (TPSA) is 41.6 Å². The Morgan fingerprint density at radius 1 is 1.41 bits per heavy atom. The van der Waals surface area contributed by atoms with Gasteiger partial charge in [-0.05, 0) is 38.1 Å². The van der Waals surface area contributed by atoms with Crippen LogP contribution in [0.1, 0.15) is 39.5 Å². The van der Waals surface area contributed by atoms with E-state index in [1.807, 2.05) is 0 Å². The molecule has 98 valence electrons. The van der Waals surface area contributed by atoms with Crippen molar-refractivity contribution in [1.82, 2.24) is 10.2 Å². The summed E-state index contributed by atoms with van der Waals surface area (Å²) < 4.78 is 4.69. The van der Waals surface area contributed by atoms with Crippen molar-refractivity contribution in [1.29, 1.82) is 0 Å². The number of carbonyl (C=O) groups is 1. The van der Waals surface area contributed by atoms with Gasteiger partial charge in [-0.3, -0.25) is 4.90 Å². The van der Waals surface area contributed by atoms with Gasteiger partial charge in [-0.1, -0.05) is 13.8 Å². The zero-order valence-corrected chi connectivity index (χ0v) is 11.2. The first-order chi connectivity index (χ1) is 8.07. The van der Waals surface area contributed by atoms with Gasteiger partial charge >= 0.3 is 6.09 Å². The first-order valence-electron chi connectivity index (χ1n) is 6.67. The maximum absolute atomic E-state index is 11.3. The summed E-state index contributed by atoms with van der Waals surface area (Å²) in [5.74, 6) is 0.436. The molecule has 1 saturated heterocycles. The van der Waals surface area contributed by atoms with E-state index in [2.05, 4.69) is 24.1 Å². The number of methoxy groups -OCH3 is 1. The molecule has 0 bridgehead atoms. The molecule has 1 amide bonds. The number of alkyl carbamates (subject to hydrolysis) is 1. The standard InChI is InChI=1S/C13H24N2O2/c1-10(2)11(14-12(16)17-3)9-15-8-4-5-13(15)6-7-13/h10-11H,4-9H2,1-3H3,(H,14,16)/t11-/m1/s1. The van der Waals surface area contributed by atoms with Crippen LogP contribution in [0.3, 0.4) is 0 Å². The molecule has 1 aliphatic carbocycles. The number of likely N-dealkylation sites (tertiary alicyclic amines) is 1. The van der Waals surface area contributed by atoms with E-state index in [1.54, 1.807) is 0 Å². The van der Waals surface area contributed by atoms with Gasteiger partial charge in [0.25, 0.3) is 0 Å². The van der Waals surface area contributed by atoms with Crippen LogP contribution in [0.4, 0.5) is 4.79 Å². The van der Waals surface area contributed by atoms with Crippen molar-refractivity contribution in [3.8, 4) is 0 Å². The minimum Gasteiger partial charge on any atom is -0.453 e. The van der Waals surface area contributed by atoms with Crippen LogP contribution in [0.2, 0.25) is 0 Å². The van der Waals surface area contributed by atoms with Crippen molar-refractivity contribution in [3.63, 3.8) is 0 Å². The van der Waals surface area contributed by atoms with Crippen molar-refractivity contribution in [3.05, 3.63) is 0 Å². The SMILES string of the molecule is COC(=O)N[C@H](CN1CCCC12CC2)C(C)C. The van der Waals surface area contributed by atoms with E-state index in [4.69, 9.17) is 4.74 Å². The molecule has 1 saturated carbocycles. The molecule has 4 heteroatoms. The number of ether oxygens (including phenoxy) is 1. The maximum atomic E-state index is 11.3. The minimum atomic E-state index is -0.312. The zero-order valence-electron chi connectivity index (χ0n) is 11.2. The second-order valence-corrected chi connectivity index (χ2v) is 5.76. The Morgan fingerprint density at radius 2 is 2.12 bits per heavy atom. The molecule has 17 heavy (non-hydrogen) atoms. The van der Waals surface area contributed by atoms with E-state index in [-0.39, 0.29) is 12.1 Å². The molecular formula is C13H24N2O2. The van der Waals surface area contributed by atoms with Crippen LogP contribution in [0, 0.1) is 5.92 Å². The third-order valence-corrected chi connectivity index (χ3v) is 4.28. The van der Waals surface area contributed by atoms with Gasteiger partial charge in [0.2, 0.25) is 0 Å². The van der Waals surface area contributed by atoms with Crippen LogP contribution < -0.4 is 5.32 Å². The molecule has 2 fully saturated rings. The monoisotopic (exact) mass is 240 g/mol. The molecule has 0 aromatic heterocycles. The normalized spacial score (nSPS) is 24.0. The summed E-state index contributed by atoms with van der Waals surface area (Å²) in [5, 5.41) is 2.96. The van der Waals surface area contributed by atoms with E-state index < -0.39 is 0 Å². The first kappa shape index (κ1) is 12.7. The number of rotatable bonds is 4. The van der Waals surface area contributed by atoms with Crippen LogP contribution in [0.25, 0.3) is 0 Å². The predicted molar refractivity (Wildman–Crippen MR) is 66.9 cm³/mol. The third kappa shape index (κ3) is 2.73. The number of carbonyl (C=O) groups excluding carboxylic acids is 1. The molecule has 0 aromatic rings. The second-order valence-electron chi connectivity index (χ2n) is 5.76. The van der Waals surface area contributed by atoms with Gasteiger partial charge in [-0.25, -0.2) is 4.79 Å². The van der Waals surface area contributed by atoms with E-state index >= 15 is 0 Å². The van der Waals surface area contributed by atoms with Crippen molar-refractivity contribution in [2.75, 3.05) is 20.2 Å². The highest BCUT2D eigenvalue weighted by Crippen LogP contribution is 2.49. The number of nitrogens with zero attached hydrogens (tertiary/aromatic N) is 1. The molecule has 0 aromatic carbocycles. The summed E-state index contributed by atoms with van der Waals surface area (Å²) in [6, 6.07) is 0.193. The Kier molecular flexibility index (Phi) is 3.61. The molecule has 2 rings (SSSR count). The summed E-state index contributed by atoms with van der Waals surface area (Å²) in [5.41, 5.74) is 0.505. The number of amides is 1. The number of hydrogen-bond donors (Lipinski definition) is 1. The molecular weight excluding hydrogens is 216 g/mol. The fraction of sp³-hybridized carbons (Fsp3) is 0.923.